The molecule has 1 aliphatic heterocycles. The second kappa shape index (κ2) is 6.44. The lowest BCUT2D eigenvalue weighted by Gasteiger charge is -2.51. The van der Waals surface area contributed by atoms with Crippen molar-refractivity contribution in [3.63, 3.8) is 0 Å². The summed E-state index contributed by atoms with van der Waals surface area (Å²) in [5.74, 6) is 0.455. The fourth-order valence-electron chi connectivity index (χ4n) is 3.51. The summed E-state index contributed by atoms with van der Waals surface area (Å²) in [6.45, 7) is 2.31. The second-order valence-electron chi connectivity index (χ2n) is 6.57. The summed E-state index contributed by atoms with van der Waals surface area (Å²) in [7, 11) is 1.62. The van der Waals surface area contributed by atoms with Gasteiger partial charge >= 0.3 is 0 Å². The number of methoxy groups -OCH3 is 1. The number of fused-ring (bicyclic) bond motifs is 1. The van der Waals surface area contributed by atoms with Gasteiger partial charge < -0.3 is 9.64 Å². The third-order valence-electron chi connectivity index (χ3n) is 5.20. The maximum Gasteiger partial charge on any atom is 0.264 e. The SMILES string of the molecule is COc1ccc(CN2C=C3CCC[C@H](Cl)[C@@]3(C)C(Cl)(Cl)C2=O)cc1. The van der Waals surface area contributed by atoms with E-state index in [4.69, 9.17) is 39.5 Å². The largest absolute Gasteiger partial charge is 0.497 e. The van der Waals surface area contributed by atoms with Gasteiger partial charge in [-0.05, 0) is 42.5 Å². The lowest BCUT2D eigenvalue weighted by atomic mass is 9.67. The van der Waals surface area contributed by atoms with Crippen LogP contribution in [0.1, 0.15) is 31.7 Å². The van der Waals surface area contributed by atoms with Crippen molar-refractivity contribution < 1.29 is 9.53 Å². The average molecular weight is 389 g/mol. The highest BCUT2D eigenvalue weighted by Crippen LogP contribution is 2.58. The van der Waals surface area contributed by atoms with Crippen LogP contribution in [-0.2, 0) is 11.3 Å². The van der Waals surface area contributed by atoms with E-state index in [1.807, 2.05) is 37.4 Å². The van der Waals surface area contributed by atoms with Crippen LogP contribution in [0.5, 0.6) is 5.75 Å². The summed E-state index contributed by atoms with van der Waals surface area (Å²) in [5, 5.41) is -0.250. The van der Waals surface area contributed by atoms with Crippen LogP contribution in [0.25, 0.3) is 0 Å². The maximum absolute atomic E-state index is 12.9. The van der Waals surface area contributed by atoms with E-state index in [0.717, 1.165) is 36.1 Å². The van der Waals surface area contributed by atoms with Gasteiger partial charge in [-0.2, -0.15) is 0 Å². The first-order valence-corrected chi connectivity index (χ1v) is 9.17. The third-order valence-corrected chi connectivity index (χ3v) is 6.97. The first-order chi connectivity index (χ1) is 11.3. The predicted octanol–water partition coefficient (Wildman–Crippen LogP) is 4.89. The number of halogens is 3. The van der Waals surface area contributed by atoms with Gasteiger partial charge in [-0.3, -0.25) is 4.79 Å². The molecule has 1 saturated carbocycles. The van der Waals surface area contributed by atoms with Crippen molar-refractivity contribution >= 4 is 40.7 Å². The van der Waals surface area contributed by atoms with Crippen molar-refractivity contribution in [1.29, 1.82) is 0 Å². The highest BCUT2D eigenvalue weighted by atomic mass is 35.5. The maximum atomic E-state index is 12.9. The molecule has 0 N–H and O–H groups in total. The van der Waals surface area contributed by atoms with Crippen molar-refractivity contribution in [2.75, 3.05) is 7.11 Å². The lowest BCUT2D eigenvalue weighted by Crippen LogP contribution is -2.58. The normalized spacial score (nSPS) is 29.0. The number of hydrogen-bond donors (Lipinski definition) is 0. The summed E-state index contributed by atoms with van der Waals surface area (Å²) in [4.78, 5) is 14.5. The van der Waals surface area contributed by atoms with E-state index in [2.05, 4.69) is 0 Å². The molecule has 3 rings (SSSR count). The van der Waals surface area contributed by atoms with Crippen LogP contribution in [0.4, 0.5) is 0 Å². The highest BCUT2D eigenvalue weighted by molar-refractivity contribution is 6.59. The molecule has 1 aliphatic carbocycles. The molecule has 3 nitrogen and oxygen atoms in total. The van der Waals surface area contributed by atoms with Crippen LogP contribution in [0, 0.1) is 5.41 Å². The van der Waals surface area contributed by atoms with Gasteiger partial charge in [0.15, 0.2) is 0 Å². The van der Waals surface area contributed by atoms with Gasteiger partial charge in [-0.1, -0.05) is 42.3 Å². The summed E-state index contributed by atoms with van der Waals surface area (Å²) >= 11 is 19.7. The fourth-order valence-corrected chi connectivity index (χ4v) is 4.81. The Kier molecular flexibility index (Phi) is 4.80. The number of allylic oxidation sites excluding steroid dienone is 1. The van der Waals surface area contributed by atoms with Gasteiger partial charge in [0.2, 0.25) is 4.33 Å². The Hall–Kier alpha value is -0.900. The second-order valence-corrected chi connectivity index (χ2v) is 8.43. The Morgan fingerprint density at radius 1 is 1.29 bits per heavy atom. The molecule has 2 atom stereocenters. The molecule has 1 fully saturated rings. The third kappa shape index (κ3) is 2.71. The van der Waals surface area contributed by atoms with Crippen LogP contribution in [-0.4, -0.2) is 27.6 Å². The smallest absolute Gasteiger partial charge is 0.264 e. The Morgan fingerprint density at radius 3 is 2.58 bits per heavy atom. The fraction of sp³-hybridized carbons (Fsp3) is 0.500. The van der Waals surface area contributed by atoms with Gasteiger partial charge in [-0.25, -0.2) is 0 Å². The van der Waals surface area contributed by atoms with E-state index in [-0.39, 0.29) is 11.3 Å². The summed E-state index contributed by atoms with van der Waals surface area (Å²) in [5.41, 5.74) is 1.29. The van der Waals surface area contributed by atoms with E-state index >= 15 is 0 Å². The van der Waals surface area contributed by atoms with Gasteiger partial charge in [-0.15, -0.1) is 11.6 Å². The number of alkyl halides is 3. The van der Waals surface area contributed by atoms with Gasteiger partial charge in [0.1, 0.15) is 5.75 Å². The Labute approximate surface area is 157 Å². The first kappa shape index (κ1) is 17.9. The first-order valence-electron chi connectivity index (χ1n) is 7.97. The monoisotopic (exact) mass is 387 g/mol. The molecule has 0 spiro atoms. The molecule has 6 heteroatoms. The molecular weight excluding hydrogens is 369 g/mol. The highest BCUT2D eigenvalue weighted by Gasteiger charge is 2.61. The van der Waals surface area contributed by atoms with Crippen LogP contribution in [0.15, 0.2) is 36.0 Å². The summed E-state index contributed by atoms with van der Waals surface area (Å²) < 4.78 is 3.60. The molecule has 0 unspecified atom stereocenters. The van der Waals surface area contributed by atoms with E-state index < -0.39 is 9.75 Å². The Balaban J connectivity index is 1.93. The van der Waals surface area contributed by atoms with E-state index in [1.54, 1.807) is 12.0 Å². The number of rotatable bonds is 3. The average Bonchev–Trinajstić information content (AvgIpc) is 2.57. The Bertz CT molecular complexity index is 671. The minimum absolute atomic E-state index is 0.250. The number of carbonyl (C=O) groups excluding carboxylic acids is 1. The molecule has 24 heavy (non-hydrogen) atoms. The number of amides is 1. The molecule has 2 aliphatic rings. The molecule has 0 saturated heterocycles. The number of ether oxygens (including phenoxy) is 1. The summed E-state index contributed by atoms with van der Waals surface area (Å²) in [6.07, 6.45) is 4.53. The van der Waals surface area contributed by atoms with Crippen LogP contribution in [0.2, 0.25) is 0 Å². The van der Waals surface area contributed by atoms with Crippen molar-refractivity contribution in [2.45, 2.75) is 42.4 Å². The van der Waals surface area contributed by atoms with E-state index in [0.29, 0.717) is 6.54 Å². The van der Waals surface area contributed by atoms with Gasteiger partial charge in [0.25, 0.3) is 5.91 Å². The van der Waals surface area contributed by atoms with Crippen LogP contribution < -0.4 is 4.74 Å². The van der Waals surface area contributed by atoms with Gasteiger partial charge in [0, 0.05) is 17.0 Å². The molecule has 1 amide bonds. The minimum Gasteiger partial charge on any atom is -0.497 e. The lowest BCUT2D eigenvalue weighted by molar-refractivity contribution is -0.133. The quantitative estimate of drug-likeness (QED) is 0.690. The van der Waals surface area contributed by atoms with Crippen molar-refractivity contribution in [3.8, 4) is 5.75 Å². The predicted molar refractivity (Wildman–Crippen MR) is 97.7 cm³/mol. The number of carbonyl (C=O) groups is 1. The van der Waals surface area contributed by atoms with Crippen LogP contribution in [0.3, 0.4) is 0 Å². The van der Waals surface area contributed by atoms with Crippen LogP contribution >= 0.6 is 34.8 Å². The van der Waals surface area contributed by atoms with E-state index in [9.17, 15) is 4.79 Å². The molecule has 1 heterocycles. The van der Waals surface area contributed by atoms with E-state index in [1.165, 1.54) is 0 Å². The van der Waals surface area contributed by atoms with Gasteiger partial charge in [0.05, 0.1) is 13.7 Å². The number of nitrogens with zero attached hydrogens (tertiary/aromatic N) is 1. The molecule has 0 radical (unpaired) electrons. The minimum atomic E-state index is -1.56. The molecule has 130 valence electrons. The molecule has 1 aromatic rings. The van der Waals surface area contributed by atoms with Crippen molar-refractivity contribution in [2.24, 2.45) is 5.41 Å². The topological polar surface area (TPSA) is 29.5 Å². The molecule has 1 aromatic carbocycles. The zero-order valence-corrected chi connectivity index (χ0v) is 16.0. The standard InChI is InChI=1S/C18H20Cl3NO2/c1-17-13(4-3-5-15(17)19)11-22(16(23)18(17,20)21)10-12-6-8-14(24-2)9-7-12/h6-9,11,15H,3-5,10H2,1-2H3/t15-,17-/m0/s1. The molecular formula is C18H20Cl3NO2. The van der Waals surface area contributed by atoms with Crippen molar-refractivity contribution in [1.82, 2.24) is 4.90 Å². The molecule has 0 aromatic heterocycles. The van der Waals surface area contributed by atoms with Crippen molar-refractivity contribution in [3.05, 3.63) is 41.6 Å². The summed E-state index contributed by atoms with van der Waals surface area (Å²) in [6, 6.07) is 7.58. The zero-order chi connectivity index (χ0) is 17.5. The molecule has 0 bridgehead atoms. The Morgan fingerprint density at radius 2 is 1.96 bits per heavy atom. The number of hydrogen-bond acceptors (Lipinski definition) is 2. The zero-order valence-electron chi connectivity index (χ0n) is 13.7. The number of benzene rings is 1.